The fraction of sp³-hybridized carbons (Fsp3) is 0.533. The van der Waals surface area contributed by atoms with E-state index in [9.17, 15) is 0 Å². The number of rotatable bonds is 3. The van der Waals surface area contributed by atoms with Gasteiger partial charge in [0.15, 0.2) is 0 Å². The highest BCUT2D eigenvalue weighted by molar-refractivity contribution is 5.69. The molecule has 0 spiro atoms. The van der Waals surface area contributed by atoms with Crippen LogP contribution in [0.15, 0.2) is 18.2 Å². The van der Waals surface area contributed by atoms with Gasteiger partial charge in [-0.15, -0.1) is 0 Å². The number of nitrogens with zero attached hydrogens (tertiary/aromatic N) is 2. The van der Waals surface area contributed by atoms with Crippen LogP contribution in [-0.2, 0) is 0 Å². The normalized spacial score (nSPS) is 16.2. The number of hydrogen-bond acceptors (Lipinski definition) is 3. The molecule has 2 rings (SSSR count). The summed E-state index contributed by atoms with van der Waals surface area (Å²) >= 11 is 0. The summed E-state index contributed by atoms with van der Waals surface area (Å²) in [6.45, 7) is 1.04. The van der Waals surface area contributed by atoms with Gasteiger partial charge in [0, 0.05) is 13.6 Å². The Balaban J connectivity index is 2.07. The predicted octanol–water partition coefficient (Wildman–Crippen LogP) is 3.16. The minimum absolute atomic E-state index is 0.676. The number of nitriles is 1. The first-order valence-corrected chi connectivity index (χ1v) is 6.71. The molecule has 1 aliphatic rings. The Labute approximate surface area is 109 Å². The highest BCUT2D eigenvalue weighted by Crippen LogP contribution is 2.28. The fourth-order valence-electron chi connectivity index (χ4n) is 2.80. The molecule has 1 aromatic carbocycles. The number of hydrogen-bond donors (Lipinski definition) is 1. The highest BCUT2D eigenvalue weighted by atomic mass is 15.1. The van der Waals surface area contributed by atoms with Crippen molar-refractivity contribution in [1.82, 2.24) is 0 Å². The molecule has 0 radical (unpaired) electrons. The number of benzene rings is 1. The zero-order valence-corrected chi connectivity index (χ0v) is 11.0. The summed E-state index contributed by atoms with van der Waals surface area (Å²) in [6.07, 6.45) is 6.73. The zero-order chi connectivity index (χ0) is 13.0. The van der Waals surface area contributed by atoms with Crippen molar-refractivity contribution in [2.75, 3.05) is 24.2 Å². The van der Waals surface area contributed by atoms with Gasteiger partial charge in [0.05, 0.1) is 23.0 Å². The van der Waals surface area contributed by atoms with Gasteiger partial charge in [-0.2, -0.15) is 5.26 Å². The standard InChI is InChI=1S/C15H21N3/c1-18(11-12-5-3-2-4-6-12)15-9-13(10-16)7-8-14(15)17/h7-9,12H,2-6,11,17H2,1H3. The molecular formula is C15H21N3. The van der Waals surface area contributed by atoms with Crippen LogP contribution >= 0.6 is 0 Å². The van der Waals surface area contributed by atoms with Gasteiger partial charge < -0.3 is 10.6 Å². The summed E-state index contributed by atoms with van der Waals surface area (Å²) in [5.41, 5.74) is 8.42. The Morgan fingerprint density at radius 3 is 2.72 bits per heavy atom. The van der Waals surface area contributed by atoms with Crippen LogP contribution in [0.2, 0.25) is 0 Å². The number of nitrogens with two attached hydrogens (primary N) is 1. The van der Waals surface area contributed by atoms with Crippen LogP contribution < -0.4 is 10.6 Å². The summed E-state index contributed by atoms with van der Waals surface area (Å²) in [6, 6.07) is 7.65. The molecule has 1 aromatic rings. The smallest absolute Gasteiger partial charge is 0.0992 e. The van der Waals surface area contributed by atoms with Gasteiger partial charge in [-0.3, -0.25) is 0 Å². The average Bonchev–Trinajstić information content (AvgIpc) is 2.40. The molecule has 0 aromatic heterocycles. The maximum Gasteiger partial charge on any atom is 0.0992 e. The highest BCUT2D eigenvalue weighted by Gasteiger charge is 2.16. The maximum atomic E-state index is 8.95. The van der Waals surface area contributed by atoms with Crippen molar-refractivity contribution in [3.05, 3.63) is 23.8 Å². The van der Waals surface area contributed by atoms with E-state index in [1.54, 1.807) is 6.07 Å². The van der Waals surface area contributed by atoms with Gasteiger partial charge in [-0.05, 0) is 37.0 Å². The molecule has 0 bridgehead atoms. The van der Waals surface area contributed by atoms with Gasteiger partial charge in [-0.25, -0.2) is 0 Å². The first-order valence-electron chi connectivity index (χ1n) is 6.71. The Hall–Kier alpha value is -1.69. The fourth-order valence-corrected chi connectivity index (χ4v) is 2.80. The predicted molar refractivity (Wildman–Crippen MR) is 75.4 cm³/mol. The van der Waals surface area contributed by atoms with Crippen LogP contribution in [0.1, 0.15) is 37.7 Å². The maximum absolute atomic E-state index is 8.95. The van der Waals surface area contributed by atoms with Gasteiger partial charge in [-0.1, -0.05) is 19.3 Å². The quantitative estimate of drug-likeness (QED) is 0.830. The molecule has 0 amide bonds. The van der Waals surface area contributed by atoms with Crippen molar-refractivity contribution in [2.45, 2.75) is 32.1 Å². The van der Waals surface area contributed by atoms with E-state index in [4.69, 9.17) is 11.0 Å². The Kier molecular flexibility index (Phi) is 4.09. The van der Waals surface area contributed by atoms with Gasteiger partial charge in [0.25, 0.3) is 0 Å². The molecule has 3 heteroatoms. The Bertz CT molecular complexity index is 442. The average molecular weight is 243 g/mol. The summed E-state index contributed by atoms with van der Waals surface area (Å²) in [7, 11) is 2.07. The lowest BCUT2D eigenvalue weighted by Crippen LogP contribution is -2.27. The molecule has 2 N–H and O–H groups in total. The van der Waals surface area contributed by atoms with Crippen molar-refractivity contribution >= 4 is 11.4 Å². The van der Waals surface area contributed by atoms with Crippen molar-refractivity contribution in [2.24, 2.45) is 5.92 Å². The Morgan fingerprint density at radius 1 is 1.33 bits per heavy atom. The van der Waals surface area contributed by atoms with E-state index in [1.807, 2.05) is 12.1 Å². The first kappa shape index (κ1) is 12.8. The minimum atomic E-state index is 0.676. The second kappa shape index (κ2) is 5.77. The summed E-state index contributed by atoms with van der Waals surface area (Å²) in [5.74, 6) is 0.772. The molecule has 3 nitrogen and oxygen atoms in total. The van der Waals surface area contributed by atoms with E-state index in [1.165, 1.54) is 32.1 Å². The van der Waals surface area contributed by atoms with Crippen LogP contribution in [-0.4, -0.2) is 13.6 Å². The number of nitrogen functional groups attached to an aromatic ring is 1. The largest absolute Gasteiger partial charge is 0.397 e. The van der Waals surface area contributed by atoms with Gasteiger partial charge in [0.2, 0.25) is 0 Å². The molecule has 96 valence electrons. The summed E-state index contributed by atoms with van der Waals surface area (Å²) in [4.78, 5) is 2.20. The second-order valence-electron chi connectivity index (χ2n) is 5.27. The zero-order valence-electron chi connectivity index (χ0n) is 11.0. The molecule has 1 aliphatic carbocycles. The summed E-state index contributed by atoms with van der Waals surface area (Å²) < 4.78 is 0. The van der Waals surface area contributed by atoms with Gasteiger partial charge >= 0.3 is 0 Å². The van der Waals surface area contributed by atoms with Crippen molar-refractivity contribution < 1.29 is 0 Å². The van der Waals surface area contributed by atoms with Crippen molar-refractivity contribution in [3.63, 3.8) is 0 Å². The lowest BCUT2D eigenvalue weighted by Gasteiger charge is -2.29. The van der Waals surface area contributed by atoms with Gasteiger partial charge in [0.1, 0.15) is 0 Å². The van der Waals surface area contributed by atoms with Crippen LogP contribution in [0, 0.1) is 17.2 Å². The van der Waals surface area contributed by atoms with E-state index >= 15 is 0 Å². The number of anilines is 2. The molecule has 0 saturated heterocycles. The van der Waals surface area contributed by atoms with E-state index < -0.39 is 0 Å². The van der Waals surface area contributed by atoms with Crippen molar-refractivity contribution in [1.29, 1.82) is 5.26 Å². The van der Waals surface area contributed by atoms with Crippen LogP contribution in [0.5, 0.6) is 0 Å². The van der Waals surface area contributed by atoms with E-state index in [0.717, 1.165) is 23.8 Å². The van der Waals surface area contributed by atoms with Crippen LogP contribution in [0.3, 0.4) is 0 Å². The molecule has 1 fully saturated rings. The SMILES string of the molecule is CN(CC1CCCCC1)c1cc(C#N)ccc1N. The van der Waals surface area contributed by atoms with E-state index in [0.29, 0.717) is 5.56 Å². The molecule has 0 atom stereocenters. The molecule has 0 unspecified atom stereocenters. The summed E-state index contributed by atoms with van der Waals surface area (Å²) in [5, 5.41) is 8.95. The second-order valence-corrected chi connectivity index (χ2v) is 5.27. The third-order valence-corrected chi connectivity index (χ3v) is 3.83. The topological polar surface area (TPSA) is 53.0 Å². The van der Waals surface area contributed by atoms with E-state index in [-0.39, 0.29) is 0 Å². The molecule has 0 heterocycles. The first-order chi connectivity index (χ1) is 8.70. The molecular weight excluding hydrogens is 222 g/mol. The third-order valence-electron chi connectivity index (χ3n) is 3.83. The lowest BCUT2D eigenvalue weighted by atomic mass is 9.89. The molecule has 0 aliphatic heterocycles. The molecule has 18 heavy (non-hydrogen) atoms. The monoisotopic (exact) mass is 243 g/mol. The third kappa shape index (κ3) is 2.95. The van der Waals surface area contributed by atoms with E-state index in [2.05, 4.69) is 18.0 Å². The molecule has 1 saturated carbocycles. The van der Waals surface area contributed by atoms with Crippen LogP contribution in [0.4, 0.5) is 11.4 Å². The Morgan fingerprint density at radius 2 is 2.06 bits per heavy atom. The minimum Gasteiger partial charge on any atom is -0.397 e. The van der Waals surface area contributed by atoms with Crippen molar-refractivity contribution in [3.8, 4) is 6.07 Å². The van der Waals surface area contributed by atoms with Crippen LogP contribution in [0.25, 0.3) is 0 Å². The lowest BCUT2D eigenvalue weighted by molar-refractivity contribution is 0.362.